The molecule has 2 N–H and O–H groups in total. The Morgan fingerprint density at radius 3 is 2.44 bits per heavy atom. The maximum absolute atomic E-state index is 12.6. The van der Waals surface area contributed by atoms with E-state index in [1.54, 1.807) is 12.1 Å². The molecule has 1 aromatic carbocycles. The molecule has 2 rings (SSSR count). The zero-order valence-corrected chi connectivity index (χ0v) is 8.08. The fraction of sp³-hybridized carbons (Fsp3) is 0.0909. The molecule has 0 aliphatic carbocycles. The number of hydrogen-bond acceptors (Lipinski definition) is 2. The molecule has 0 saturated carbocycles. The number of hydrogen-bond donors (Lipinski definition) is 1. The van der Waals surface area contributed by atoms with E-state index in [9.17, 15) is 13.2 Å². The van der Waals surface area contributed by atoms with E-state index in [1.807, 2.05) is 0 Å². The normalized spacial score (nSPS) is 11.7. The molecule has 16 heavy (non-hydrogen) atoms. The molecule has 0 saturated heterocycles. The summed E-state index contributed by atoms with van der Waals surface area (Å²) in [6, 6.07) is 6.89. The summed E-state index contributed by atoms with van der Waals surface area (Å²) in [6.45, 7) is 0. The number of anilines is 1. The number of rotatable bonds is 1. The summed E-state index contributed by atoms with van der Waals surface area (Å²) in [5, 5.41) is 0. The van der Waals surface area contributed by atoms with Crippen LogP contribution in [0.4, 0.5) is 18.9 Å². The average molecular weight is 227 g/mol. The predicted molar refractivity (Wildman–Crippen MR) is 53.6 cm³/mol. The van der Waals surface area contributed by atoms with Crippen LogP contribution in [0.2, 0.25) is 0 Å². The highest BCUT2D eigenvalue weighted by Crippen LogP contribution is 2.36. The fourth-order valence-corrected chi connectivity index (χ4v) is 1.40. The lowest BCUT2D eigenvalue weighted by Gasteiger charge is -2.10. The first-order chi connectivity index (χ1) is 7.48. The van der Waals surface area contributed by atoms with E-state index in [2.05, 4.69) is 0 Å². The molecule has 0 fully saturated rings. The van der Waals surface area contributed by atoms with Gasteiger partial charge < -0.3 is 10.2 Å². The number of nitrogen functional groups attached to an aromatic ring is 1. The Morgan fingerprint density at radius 1 is 1.12 bits per heavy atom. The van der Waals surface area contributed by atoms with Crippen molar-refractivity contribution in [2.24, 2.45) is 0 Å². The van der Waals surface area contributed by atoms with Gasteiger partial charge in [-0.2, -0.15) is 13.2 Å². The number of nitrogens with two attached hydrogens (primary N) is 1. The minimum Gasteiger partial charge on any atom is -0.464 e. The Hall–Kier alpha value is -1.91. The molecule has 0 unspecified atom stereocenters. The van der Waals surface area contributed by atoms with E-state index >= 15 is 0 Å². The summed E-state index contributed by atoms with van der Waals surface area (Å²) in [7, 11) is 0. The smallest absolute Gasteiger partial charge is 0.418 e. The van der Waals surface area contributed by atoms with Gasteiger partial charge in [0.25, 0.3) is 0 Å². The molecule has 2 nitrogen and oxygen atoms in total. The highest BCUT2D eigenvalue weighted by molar-refractivity contribution is 5.64. The summed E-state index contributed by atoms with van der Waals surface area (Å²) in [5.41, 5.74) is 4.50. The molecule has 0 bridgehead atoms. The second kappa shape index (κ2) is 3.59. The summed E-state index contributed by atoms with van der Waals surface area (Å²) in [5.74, 6) is 0.380. The van der Waals surface area contributed by atoms with Crippen LogP contribution >= 0.6 is 0 Å². The van der Waals surface area contributed by atoms with Crippen LogP contribution in [0.3, 0.4) is 0 Å². The number of benzene rings is 1. The highest BCUT2D eigenvalue weighted by atomic mass is 19.4. The third-order valence-electron chi connectivity index (χ3n) is 2.16. The van der Waals surface area contributed by atoms with Gasteiger partial charge in [0, 0.05) is 11.3 Å². The highest BCUT2D eigenvalue weighted by Gasteiger charge is 2.33. The van der Waals surface area contributed by atoms with E-state index < -0.39 is 11.7 Å². The van der Waals surface area contributed by atoms with Gasteiger partial charge in [-0.05, 0) is 30.3 Å². The van der Waals surface area contributed by atoms with Crippen LogP contribution in [-0.4, -0.2) is 0 Å². The quantitative estimate of drug-likeness (QED) is 0.756. The first-order valence-electron chi connectivity index (χ1n) is 4.49. The Morgan fingerprint density at radius 2 is 1.88 bits per heavy atom. The summed E-state index contributed by atoms with van der Waals surface area (Å²) in [4.78, 5) is 0. The van der Waals surface area contributed by atoms with Crippen LogP contribution in [-0.2, 0) is 6.18 Å². The van der Waals surface area contributed by atoms with Crippen LogP contribution in [0.25, 0.3) is 11.3 Å². The van der Waals surface area contributed by atoms with Gasteiger partial charge >= 0.3 is 6.18 Å². The molecule has 0 aliphatic heterocycles. The third-order valence-corrected chi connectivity index (χ3v) is 2.16. The lowest BCUT2D eigenvalue weighted by molar-refractivity contribution is -0.136. The average Bonchev–Trinajstić information content (AvgIpc) is 2.69. The summed E-state index contributed by atoms with van der Waals surface area (Å²) >= 11 is 0. The lowest BCUT2D eigenvalue weighted by Crippen LogP contribution is -2.08. The lowest BCUT2D eigenvalue weighted by atomic mass is 10.1. The number of alkyl halides is 3. The Labute approximate surface area is 89.5 Å². The van der Waals surface area contributed by atoms with Gasteiger partial charge in [0.2, 0.25) is 0 Å². The van der Waals surface area contributed by atoms with Gasteiger partial charge in [-0.3, -0.25) is 0 Å². The van der Waals surface area contributed by atoms with Crippen molar-refractivity contribution in [1.29, 1.82) is 0 Å². The molecular formula is C11H8F3NO. The van der Waals surface area contributed by atoms with Gasteiger partial charge in [0.1, 0.15) is 5.76 Å². The van der Waals surface area contributed by atoms with Crippen LogP contribution in [0.5, 0.6) is 0 Å². The molecule has 0 aliphatic rings. The Kier molecular flexibility index (Phi) is 2.38. The molecule has 1 heterocycles. The van der Waals surface area contributed by atoms with Crippen molar-refractivity contribution in [2.45, 2.75) is 6.18 Å². The maximum atomic E-state index is 12.6. The first kappa shape index (κ1) is 10.6. The summed E-state index contributed by atoms with van der Waals surface area (Å²) < 4.78 is 42.7. The maximum Gasteiger partial charge on any atom is 0.418 e. The van der Waals surface area contributed by atoms with E-state index in [1.165, 1.54) is 18.4 Å². The second-order valence-corrected chi connectivity index (χ2v) is 3.28. The van der Waals surface area contributed by atoms with E-state index in [0.29, 0.717) is 11.3 Å². The molecule has 5 heteroatoms. The van der Waals surface area contributed by atoms with Gasteiger partial charge in [-0.15, -0.1) is 0 Å². The molecular weight excluding hydrogens is 219 g/mol. The van der Waals surface area contributed by atoms with Crippen molar-refractivity contribution < 1.29 is 17.6 Å². The van der Waals surface area contributed by atoms with Crippen LogP contribution in [0, 0.1) is 0 Å². The third kappa shape index (κ3) is 1.88. The van der Waals surface area contributed by atoms with Crippen molar-refractivity contribution in [3.8, 4) is 11.3 Å². The minimum atomic E-state index is -4.45. The Bertz CT molecular complexity index is 488. The molecule has 0 radical (unpaired) electrons. The largest absolute Gasteiger partial charge is 0.464 e. The fourth-order valence-electron chi connectivity index (χ4n) is 1.40. The minimum absolute atomic E-state index is 0.289. The molecule has 84 valence electrons. The van der Waals surface area contributed by atoms with Gasteiger partial charge in [0.15, 0.2) is 0 Å². The monoisotopic (exact) mass is 227 g/mol. The first-order valence-corrected chi connectivity index (χ1v) is 4.49. The predicted octanol–water partition coefficient (Wildman–Crippen LogP) is 3.55. The summed E-state index contributed by atoms with van der Waals surface area (Å²) in [6.07, 6.45) is -3.05. The topological polar surface area (TPSA) is 39.2 Å². The van der Waals surface area contributed by atoms with E-state index in [-0.39, 0.29) is 5.69 Å². The van der Waals surface area contributed by atoms with Gasteiger partial charge in [-0.25, -0.2) is 0 Å². The van der Waals surface area contributed by atoms with Gasteiger partial charge in [0.05, 0.1) is 11.8 Å². The molecule has 1 aromatic heterocycles. The molecule has 0 amide bonds. The second-order valence-electron chi connectivity index (χ2n) is 3.28. The molecule has 2 aromatic rings. The molecule has 0 spiro atoms. The van der Waals surface area contributed by atoms with Gasteiger partial charge in [-0.1, -0.05) is 0 Å². The Balaban J connectivity index is 2.52. The number of furan rings is 1. The van der Waals surface area contributed by atoms with E-state index in [0.717, 1.165) is 6.07 Å². The SMILES string of the molecule is Nc1ccc(-c2ccco2)cc1C(F)(F)F. The van der Waals surface area contributed by atoms with Crippen molar-refractivity contribution in [3.05, 3.63) is 42.2 Å². The number of halogens is 3. The van der Waals surface area contributed by atoms with E-state index in [4.69, 9.17) is 10.2 Å². The standard InChI is InChI=1S/C11H8F3NO/c12-11(13,14)8-6-7(3-4-9(8)15)10-2-1-5-16-10/h1-6H,15H2. The van der Waals surface area contributed by atoms with Crippen LogP contribution in [0.1, 0.15) is 5.56 Å². The zero-order chi connectivity index (χ0) is 11.8. The molecule has 0 atom stereocenters. The van der Waals surface area contributed by atoms with Crippen molar-refractivity contribution in [3.63, 3.8) is 0 Å². The zero-order valence-electron chi connectivity index (χ0n) is 8.08. The van der Waals surface area contributed by atoms with Crippen molar-refractivity contribution >= 4 is 5.69 Å². The van der Waals surface area contributed by atoms with Crippen molar-refractivity contribution in [2.75, 3.05) is 5.73 Å². The van der Waals surface area contributed by atoms with Crippen molar-refractivity contribution in [1.82, 2.24) is 0 Å². The van der Waals surface area contributed by atoms with Crippen LogP contribution in [0.15, 0.2) is 41.0 Å². The van der Waals surface area contributed by atoms with Crippen LogP contribution < -0.4 is 5.73 Å².